The van der Waals surface area contributed by atoms with Gasteiger partial charge in [0.25, 0.3) is 0 Å². The molecular formula is C30H31Cl3FN3O4S. The van der Waals surface area contributed by atoms with Crippen molar-refractivity contribution in [1.82, 2.24) is 10.2 Å². The van der Waals surface area contributed by atoms with Gasteiger partial charge in [-0.05, 0) is 48.2 Å². The van der Waals surface area contributed by atoms with Gasteiger partial charge < -0.3 is 10.2 Å². The van der Waals surface area contributed by atoms with Crippen LogP contribution in [0.5, 0.6) is 0 Å². The molecule has 1 saturated carbocycles. The minimum absolute atomic E-state index is 0.0129. The molecule has 42 heavy (non-hydrogen) atoms. The summed E-state index contributed by atoms with van der Waals surface area (Å²) < 4.78 is 40.5. The van der Waals surface area contributed by atoms with Crippen molar-refractivity contribution >= 4 is 62.3 Å². The first kappa shape index (κ1) is 32.1. The number of anilines is 1. The van der Waals surface area contributed by atoms with Gasteiger partial charge in [-0.3, -0.25) is 13.9 Å². The van der Waals surface area contributed by atoms with E-state index in [-0.39, 0.29) is 45.7 Å². The highest BCUT2D eigenvalue weighted by Gasteiger charge is 2.34. The van der Waals surface area contributed by atoms with Crippen LogP contribution in [0, 0.1) is 5.82 Å². The normalized spacial score (nSPS) is 14.4. The van der Waals surface area contributed by atoms with Gasteiger partial charge in [-0.2, -0.15) is 0 Å². The Morgan fingerprint density at radius 2 is 1.55 bits per heavy atom. The summed E-state index contributed by atoms with van der Waals surface area (Å²) >= 11 is 18.6. The quantitative estimate of drug-likeness (QED) is 0.248. The summed E-state index contributed by atoms with van der Waals surface area (Å²) in [7, 11) is -4.05. The Morgan fingerprint density at radius 1 is 0.929 bits per heavy atom. The summed E-state index contributed by atoms with van der Waals surface area (Å²) in [6.45, 7) is -0.735. The van der Waals surface area contributed by atoms with E-state index < -0.39 is 34.3 Å². The Balaban J connectivity index is 1.75. The SMILES string of the molecule is CS(=O)(=O)N(CC(=O)N(Cc1ccc(F)cc1)C(Cc1ccccc1)C(=O)NC1CCCC1)c1cc(Cl)c(Cl)cc1Cl. The van der Waals surface area contributed by atoms with Crippen molar-refractivity contribution in [2.24, 2.45) is 0 Å². The zero-order valence-electron chi connectivity index (χ0n) is 22.9. The lowest BCUT2D eigenvalue weighted by Gasteiger charge is -2.34. The predicted octanol–water partition coefficient (Wildman–Crippen LogP) is 6.25. The number of carbonyl (C=O) groups is 2. The number of halogens is 4. The Bertz CT molecular complexity index is 1520. The van der Waals surface area contributed by atoms with Crippen molar-refractivity contribution in [3.05, 3.63) is 98.7 Å². The Morgan fingerprint density at radius 3 is 2.17 bits per heavy atom. The van der Waals surface area contributed by atoms with Crippen molar-refractivity contribution in [2.45, 2.75) is 50.7 Å². The molecule has 0 radical (unpaired) electrons. The largest absolute Gasteiger partial charge is 0.352 e. The smallest absolute Gasteiger partial charge is 0.244 e. The molecule has 3 aromatic rings. The molecular weight excluding hydrogens is 624 g/mol. The minimum Gasteiger partial charge on any atom is -0.352 e. The third kappa shape index (κ3) is 8.37. The third-order valence-corrected chi connectivity index (χ3v) is 9.33. The van der Waals surface area contributed by atoms with E-state index in [4.69, 9.17) is 34.8 Å². The summed E-state index contributed by atoms with van der Waals surface area (Å²) in [5.41, 5.74) is 1.35. The summed E-state index contributed by atoms with van der Waals surface area (Å²) in [5, 5.41) is 3.24. The summed E-state index contributed by atoms with van der Waals surface area (Å²) in [6.07, 6.45) is 4.80. The Kier molecular flexibility index (Phi) is 10.8. The third-order valence-electron chi connectivity index (χ3n) is 7.18. The maximum atomic E-state index is 14.1. The van der Waals surface area contributed by atoms with E-state index in [9.17, 15) is 22.4 Å². The van der Waals surface area contributed by atoms with Gasteiger partial charge in [0.05, 0.1) is 27.0 Å². The molecule has 1 unspecified atom stereocenters. The lowest BCUT2D eigenvalue weighted by atomic mass is 10.0. The van der Waals surface area contributed by atoms with Crippen molar-refractivity contribution in [1.29, 1.82) is 0 Å². The van der Waals surface area contributed by atoms with Gasteiger partial charge in [0, 0.05) is 19.0 Å². The minimum atomic E-state index is -4.05. The molecule has 0 heterocycles. The van der Waals surface area contributed by atoms with E-state index >= 15 is 0 Å². The maximum Gasteiger partial charge on any atom is 0.244 e. The highest BCUT2D eigenvalue weighted by molar-refractivity contribution is 7.92. The van der Waals surface area contributed by atoms with E-state index in [1.165, 1.54) is 41.3 Å². The molecule has 12 heteroatoms. The van der Waals surface area contributed by atoms with Crippen LogP contribution in [0.25, 0.3) is 0 Å². The number of nitrogens with zero attached hydrogens (tertiary/aromatic N) is 2. The van der Waals surface area contributed by atoms with Crippen LogP contribution in [0.3, 0.4) is 0 Å². The van der Waals surface area contributed by atoms with Crippen LogP contribution in [-0.2, 0) is 32.6 Å². The first-order valence-electron chi connectivity index (χ1n) is 13.4. The van der Waals surface area contributed by atoms with Crippen molar-refractivity contribution < 1.29 is 22.4 Å². The molecule has 0 aromatic heterocycles. The van der Waals surface area contributed by atoms with Crippen LogP contribution in [0.4, 0.5) is 10.1 Å². The number of hydrogen-bond donors (Lipinski definition) is 1. The molecule has 3 aromatic carbocycles. The predicted molar refractivity (Wildman–Crippen MR) is 165 cm³/mol. The molecule has 224 valence electrons. The van der Waals surface area contributed by atoms with Crippen molar-refractivity contribution in [3.8, 4) is 0 Å². The van der Waals surface area contributed by atoms with Gasteiger partial charge in [0.2, 0.25) is 21.8 Å². The number of carbonyl (C=O) groups excluding carboxylic acids is 2. The average Bonchev–Trinajstić information content (AvgIpc) is 3.45. The second-order valence-corrected chi connectivity index (χ2v) is 13.5. The standard InChI is InChI=1S/C30H31Cl3FN3O4S/c1-42(40,41)37(27-17-25(32)24(31)16-26(27)33)19-29(38)36(18-21-11-13-22(34)14-12-21)28(15-20-7-3-2-4-8-20)30(39)35-23-9-5-6-10-23/h2-4,7-8,11-14,16-17,23,28H,5-6,9-10,15,18-19H2,1H3,(H,35,39). The van der Waals surface area contributed by atoms with Crippen LogP contribution >= 0.6 is 34.8 Å². The molecule has 1 fully saturated rings. The number of sulfonamides is 1. The fourth-order valence-corrected chi connectivity index (χ4v) is 6.55. The second-order valence-electron chi connectivity index (χ2n) is 10.3. The highest BCUT2D eigenvalue weighted by Crippen LogP contribution is 2.35. The first-order valence-corrected chi connectivity index (χ1v) is 16.4. The van der Waals surface area contributed by atoms with Gasteiger partial charge in [0.15, 0.2) is 0 Å². The summed E-state index contributed by atoms with van der Waals surface area (Å²) in [6, 6.07) is 16.4. The molecule has 1 aliphatic carbocycles. The van der Waals surface area contributed by atoms with Gasteiger partial charge in [-0.15, -0.1) is 0 Å². The van der Waals surface area contributed by atoms with Crippen LogP contribution in [-0.4, -0.2) is 50.0 Å². The van der Waals surface area contributed by atoms with E-state index in [0.717, 1.165) is 41.8 Å². The molecule has 0 spiro atoms. The van der Waals surface area contributed by atoms with Crippen molar-refractivity contribution in [2.75, 3.05) is 17.1 Å². The molecule has 1 atom stereocenters. The monoisotopic (exact) mass is 653 g/mol. The fraction of sp³-hybridized carbons (Fsp3) is 0.333. The topological polar surface area (TPSA) is 86.8 Å². The van der Waals surface area contributed by atoms with Crippen molar-refractivity contribution in [3.63, 3.8) is 0 Å². The van der Waals surface area contributed by atoms with Crippen LogP contribution in [0.1, 0.15) is 36.8 Å². The highest BCUT2D eigenvalue weighted by atomic mass is 35.5. The number of benzene rings is 3. The van der Waals surface area contributed by atoms with Crippen LogP contribution < -0.4 is 9.62 Å². The van der Waals surface area contributed by atoms with Gasteiger partial charge in [-0.1, -0.05) is 90.1 Å². The van der Waals surface area contributed by atoms with Crippen LogP contribution in [0.2, 0.25) is 15.1 Å². The van der Waals surface area contributed by atoms with E-state index in [0.29, 0.717) is 5.56 Å². The summed E-state index contributed by atoms with van der Waals surface area (Å²) in [5.74, 6) is -1.46. The van der Waals surface area contributed by atoms with Gasteiger partial charge >= 0.3 is 0 Å². The number of amides is 2. The molecule has 0 bridgehead atoms. The number of nitrogens with one attached hydrogen (secondary N) is 1. The molecule has 4 rings (SSSR count). The molecule has 0 aliphatic heterocycles. The maximum absolute atomic E-state index is 14.1. The zero-order valence-corrected chi connectivity index (χ0v) is 26.0. The molecule has 1 aliphatic rings. The van der Waals surface area contributed by atoms with E-state index in [2.05, 4.69) is 5.32 Å². The van der Waals surface area contributed by atoms with Gasteiger partial charge in [-0.25, -0.2) is 12.8 Å². The number of rotatable bonds is 11. The average molecular weight is 655 g/mol. The lowest BCUT2D eigenvalue weighted by molar-refractivity contribution is -0.140. The van der Waals surface area contributed by atoms with Gasteiger partial charge in [0.1, 0.15) is 18.4 Å². The molecule has 0 saturated heterocycles. The lowest BCUT2D eigenvalue weighted by Crippen LogP contribution is -2.54. The molecule has 2 amide bonds. The Labute approximate surface area is 260 Å². The fourth-order valence-electron chi connectivity index (χ4n) is 5.01. The molecule has 1 N–H and O–H groups in total. The van der Waals surface area contributed by atoms with E-state index in [1.54, 1.807) is 0 Å². The summed E-state index contributed by atoms with van der Waals surface area (Å²) in [4.78, 5) is 29.3. The first-order chi connectivity index (χ1) is 19.9. The van der Waals surface area contributed by atoms with E-state index in [1.807, 2.05) is 30.3 Å². The second kappa shape index (κ2) is 14.1. The number of hydrogen-bond acceptors (Lipinski definition) is 4. The molecule has 7 nitrogen and oxygen atoms in total. The Hall–Kier alpha value is -2.85. The van der Waals surface area contributed by atoms with Crippen LogP contribution in [0.15, 0.2) is 66.7 Å². The zero-order chi connectivity index (χ0) is 30.4.